The molecule has 0 fully saturated rings. The molecule has 1 amide bonds. The molecule has 6 nitrogen and oxygen atoms in total. The van der Waals surface area contributed by atoms with Gasteiger partial charge in [0.2, 0.25) is 5.96 Å². The second-order valence-electron chi connectivity index (χ2n) is 3.33. The third kappa shape index (κ3) is 5.06. The first-order valence-electron chi connectivity index (χ1n) is 4.89. The maximum Gasteiger partial charge on any atom is 0.416 e. The Morgan fingerprint density at radius 3 is 2.26 bits per heavy atom. The van der Waals surface area contributed by atoms with Crippen LogP contribution < -0.4 is 16.8 Å². The highest BCUT2D eigenvalue weighted by atomic mass is 19.4. The smallest absolute Gasteiger partial charge is 0.369 e. The van der Waals surface area contributed by atoms with Crippen molar-refractivity contribution >= 4 is 23.8 Å². The number of hydrogen-bond donors (Lipinski definition) is 3. The number of nitrogens with zero attached hydrogens (tertiary/aromatic N) is 2. The van der Waals surface area contributed by atoms with Crippen LogP contribution in [0.5, 0.6) is 0 Å². The lowest BCUT2D eigenvalue weighted by Gasteiger charge is -2.07. The van der Waals surface area contributed by atoms with Gasteiger partial charge in [0.05, 0.1) is 5.56 Å². The fourth-order valence-corrected chi connectivity index (χ4v) is 1.07. The number of rotatable bonds is 3. The second-order valence-corrected chi connectivity index (χ2v) is 3.33. The predicted molar refractivity (Wildman–Crippen MR) is 64.4 cm³/mol. The molecule has 0 aliphatic rings. The largest absolute Gasteiger partial charge is 0.416 e. The lowest BCUT2D eigenvalue weighted by molar-refractivity contribution is -0.137. The van der Waals surface area contributed by atoms with Gasteiger partial charge in [0, 0.05) is 5.69 Å². The maximum atomic E-state index is 12.3. The Balaban J connectivity index is 2.66. The van der Waals surface area contributed by atoms with E-state index in [9.17, 15) is 18.0 Å². The zero-order chi connectivity index (χ0) is 14.5. The number of alkyl halides is 3. The Kier molecular flexibility index (Phi) is 4.46. The molecule has 0 bridgehead atoms. The quantitative estimate of drug-likeness (QED) is 0.433. The summed E-state index contributed by atoms with van der Waals surface area (Å²) in [6.07, 6.45) is -3.63. The van der Waals surface area contributed by atoms with Gasteiger partial charge < -0.3 is 16.8 Å². The van der Waals surface area contributed by atoms with Crippen LogP contribution in [-0.4, -0.2) is 18.1 Å². The standard InChI is InChI=1S/C10H10F3N5O/c11-10(12,13)6-1-3-7(4-2-6)17-8(19)5-16-18-9(14)15/h1-5H,(H,17,19)(H4,14,15,18)/b16-5+. The number of hydrogen-bond acceptors (Lipinski definition) is 3. The summed E-state index contributed by atoms with van der Waals surface area (Å²) in [5.41, 5.74) is 9.31. The van der Waals surface area contributed by atoms with Crippen molar-refractivity contribution in [2.45, 2.75) is 6.18 Å². The van der Waals surface area contributed by atoms with Crippen LogP contribution in [0.1, 0.15) is 5.56 Å². The fraction of sp³-hybridized carbons (Fsp3) is 0.100. The van der Waals surface area contributed by atoms with Crippen molar-refractivity contribution in [3.8, 4) is 0 Å². The van der Waals surface area contributed by atoms with Crippen molar-refractivity contribution in [3.05, 3.63) is 29.8 Å². The van der Waals surface area contributed by atoms with E-state index in [0.717, 1.165) is 30.5 Å². The first-order chi connectivity index (χ1) is 8.79. The van der Waals surface area contributed by atoms with Crippen LogP contribution in [0.3, 0.4) is 0 Å². The van der Waals surface area contributed by atoms with Crippen molar-refractivity contribution in [3.63, 3.8) is 0 Å². The minimum Gasteiger partial charge on any atom is -0.369 e. The van der Waals surface area contributed by atoms with Gasteiger partial charge in [0.25, 0.3) is 5.91 Å². The molecule has 0 saturated heterocycles. The Bertz CT molecular complexity index is 503. The molecule has 0 saturated carbocycles. The molecule has 1 aromatic rings. The van der Waals surface area contributed by atoms with Crippen LogP contribution in [0.25, 0.3) is 0 Å². The minimum absolute atomic E-state index is 0.189. The molecule has 1 rings (SSSR count). The number of amides is 1. The second kappa shape index (κ2) is 5.85. The predicted octanol–water partition coefficient (Wildman–Crippen LogP) is 0.903. The summed E-state index contributed by atoms with van der Waals surface area (Å²) in [6, 6.07) is 3.94. The number of anilines is 1. The molecule has 0 unspecified atom stereocenters. The van der Waals surface area contributed by atoms with Crippen LogP contribution in [-0.2, 0) is 11.0 Å². The van der Waals surface area contributed by atoms with Crippen molar-refractivity contribution in [1.82, 2.24) is 0 Å². The van der Waals surface area contributed by atoms with Gasteiger partial charge >= 0.3 is 6.18 Å². The number of halogens is 3. The highest BCUT2D eigenvalue weighted by Gasteiger charge is 2.29. The molecule has 1 aromatic carbocycles. The Morgan fingerprint density at radius 2 is 1.79 bits per heavy atom. The van der Waals surface area contributed by atoms with E-state index in [2.05, 4.69) is 15.5 Å². The molecule has 0 radical (unpaired) electrons. The van der Waals surface area contributed by atoms with E-state index in [-0.39, 0.29) is 11.6 Å². The highest BCUT2D eigenvalue weighted by molar-refractivity contribution is 6.31. The highest BCUT2D eigenvalue weighted by Crippen LogP contribution is 2.29. The first kappa shape index (κ1) is 14.5. The van der Waals surface area contributed by atoms with Gasteiger partial charge in [-0.3, -0.25) is 4.79 Å². The summed E-state index contributed by atoms with van der Waals surface area (Å²) >= 11 is 0. The topological polar surface area (TPSA) is 106 Å². The Hall–Kier alpha value is -2.58. The summed E-state index contributed by atoms with van der Waals surface area (Å²) in [4.78, 5) is 11.2. The molecule has 5 N–H and O–H groups in total. The third-order valence-electron chi connectivity index (χ3n) is 1.83. The number of carbonyl (C=O) groups excluding carboxylic acids is 1. The van der Waals surface area contributed by atoms with Crippen LogP contribution in [0.4, 0.5) is 18.9 Å². The van der Waals surface area contributed by atoms with E-state index in [4.69, 9.17) is 11.5 Å². The van der Waals surface area contributed by atoms with Crippen LogP contribution in [0, 0.1) is 0 Å². The molecule has 0 aliphatic heterocycles. The number of carbonyl (C=O) groups is 1. The van der Waals surface area contributed by atoms with E-state index in [1.807, 2.05) is 0 Å². The van der Waals surface area contributed by atoms with Crippen molar-refractivity contribution in [2.75, 3.05) is 5.32 Å². The number of benzene rings is 1. The van der Waals surface area contributed by atoms with E-state index in [1.54, 1.807) is 0 Å². The molecular formula is C10H10F3N5O. The van der Waals surface area contributed by atoms with E-state index < -0.39 is 17.6 Å². The molecule has 0 aliphatic carbocycles. The summed E-state index contributed by atoms with van der Waals surface area (Å²) in [5, 5.41) is 8.72. The zero-order valence-corrected chi connectivity index (χ0v) is 9.48. The van der Waals surface area contributed by atoms with Crippen molar-refractivity contribution in [1.29, 1.82) is 0 Å². The van der Waals surface area contributed by atoms with Gasteiger partial charge in [-0.1, -0.05) is 0 Å². The summed E-state index contributed by atoms with van der Waals surface area (Å²) < 4.78 is 36.8. The molecule has 0 spiro atoms. The van der Waals surface area contributed by atoms with Crippen molar-refractivity contribution < 1.29 is 18.0 Å². The normalized spacial score (nSPS) is 11.3. The molecule has 9 heteroatoms. The number of nitrogens with two attached hydrogens (primary N) is 2. The molecule has 0 atom stereocenters. The summed E-state index contributed by atoms with van der Waals surface area (Å²) in [5.74, 6) is -0.997. The minimum atomic E-state index is -4.42. The van der Waals surface area contributed by atoms with E-state index in [0.29, 0.717) is 0 Å². The number of nitrogens with one attached hydrogen (secondary N) is 1. The van der Waals surface area contributed by atoms with Gasteiger partial charge in [-0.25, -0.2) is 0 Å². The van der Waals surface area contributed by atoms with Gasteiger partial charge in [-0.15, -0.1) is 10.2 Å². The van der Waals surface area contributed by atoms with Crippen molar-refractivity contribution in [2.24, 2.45) is 21.7 Å². The lowest BCUT2D eigenvalue weighted by atomic mass is 10.2. The summed E-state index contributed by atoms with van der Waals surface area (Å²) in [7, 11) is 0. The molecule has 102 valence electrons. The Labute approximate surface area is 106 Å². The molecular weight excluding hydrogens is 263 g/mol. The fourth-order valence-electron chi connectivity index (χ4n) is 1.07. The van der Waals surface area contributed by atoms with Crippen LogP contribution in [0.2, 0.25) is 0 Å². The van der Waals surface area contributed by atoms with Gasteiger partial charge in [0.15, 0.2) is 0 Å². The van der Waals surface area contributed by atoms with Gasteiger partial charge in [0.1, 0.15) is 6.21 Å². The van der Waals surface area contributed by atoms with E-state index in [1.165, 1.54) is 0 Å². The van der Waals surface area contributed by atoms with Gasteiger partial charge in [-0.2, -0.15) is 13.2 Å². The average molecular weight is 273 g/mol. The van der Waals surface area contributed by atoms with Crippen LogP contribution >= 0.6 is 0 Å². The average Bonchev–Trinajstić information content (AvgIpc) is 2.27. The summed E-state index contributed by atoms with van der Waals surface area (Å²) in [6.45, 7) is 0. The first-order valence-corrected chi connectivity index (χ1v) is 4.89. The monoisotopic (exact) mass is 273 g/mol. The lowest BCUT2D eigenvalue weighted by Crippen LogP contribution is -2.22. The Morgan fingerprint density at radius 1 is 1.21 bits per heavy atom. The van der Waals surface area contributed by atoms with E-state index >= 15 is 0 Å². The zero-order valence-electron chi connectivity index (χ0n) is 9.48. The third-order valence-corrected chi connectivity index (χ3v) is 1.83. The molecule has 19 heavy (non-hydrogen) atoms. The van der Waals surface area contributed by atoms with Crippen LogP contribution in [0.15, 0.2) is 34.5 Å². The number of guanidine groups is 1. The molecule has 0 aromatic heterocycles. The SMILES string of the molecule is NC(N)=N/N=C/C(=O)Nc1ccc(C(F)(F)F)cc1. The maximum absolute atomic E-state index is 12.3. The van der Waals surface area contributed by atoms with Gasteiger partial charge in [-0.05, 0) is 24.3 Å². The molecule has 0 heterocycles.